The highest BCUT2D eigenvalue weighted by Gasteiger charge is 2.37. The lowest BCUT2D eigenvalue weighted by Gasteiger charge is -2.15. The molecule has 0 saturated heterocycles. The van der Waals surface area contributed by atoms with Crippen LogP contribution in [0.1, 0.15) is 47.9 Å². The smallest absolute Gasteiger partial charge is 0.336 e. The van der Waals surface area contributed by atoms with Crippen LogP contribution < -0.4 is 5.32 Å². The number of amides is 3. The van der Waals surface area contributed by atoms with Crippen molar-refractivity contribution in [2.24, 2.45) is 0 Å². The van der Waals surface area contributed by atoms with Crippen molar-refractivity contribution >= 4 is 23.7 Å². The zero-order valence-corrected chi connectivity index (χ0v) is 13.8. The second kappa shape index (κ2) is 6.79. The maximum absolute atomic E-state index is 12.4. The highest BCUT2D eigenvalue weighted by molar-refractivity contribution is 6.23. The van der Waals surface area contributed by atoms with Gasteiger partial charge in [-0.05, 0) is 39.2 Å². The Bertz CT molecular complexity index is 727. The van der Waals surface area contributed by atoms with Gasteiger partial charge in [-0.1, -0.05) is 0 Å². The van der Waals surface area contributed by atoms with Crippen LogP contribution in [0, 0.1) is 0 Å². The predicted octanol–water partition coefficient (Wildman–Crippen LogP) is 0.292. The lowest BCUT2D eigenvalue weighted by molar-refractivity contribution is 0.0647. The molecule has 8 nitrogen and oxygen atoms in total. The van der Waals surface area contributed by atoms with Crippen molar-refractivity contribution in [2.75, 3.05) is 34.2 Å². The molecule has 0 unspecified atom stereocenters. The number of imide groups is 1. The lowest BCUT2D eigenvalue weighted by atomic mass is 9.99. The number of fused-ring (bicyclic) bond motifs is 1. The van der Waals surface area contributed by atoms with Crippen LogP contribution in [0.5, 0.6) is 0 Å². The summed E-state index contributed by atoms with van der Waals surface area (Å²) in [5.74, 6) is -2.99. The molecule has 0 spiro atoms. The second-order valence-electron chi connectivity index (χ2n) is 5.75. The van der Waals surface area contributed by atoms with Gasteiger partial charge in [0.25, 0.3) is 17.7 Å². The molecule has 1 heterocycles. The summed E-state index contributed by atoms with van der Waals surface area (Å²) >= 11 is 0. The first kappa shape index (κ1) is 17.6. The van der Waals surface area contributed by atoms with Gasteiger partial charge in [-0.2, -0.15) is 0 Å². The molecule has 1 aromatic rings. The molecular formula is C16H19N3O5. The molecule has 24 heavy (non-hydrogen) atoms. The van der Waals surface area contributed by atoms with Gasteiger partial charge in [-0.15, -0.1) is 0 Å². The Morgan fingerprint density at radius 2 is 1.67 bits per heavy atom. The Kier molecular flexibility index (Phi) is 4.99. The minimum absolute atomic E-state index is 0.0231. The van der Waals surface area contributed by atoms with E-state index in [1.807, 2.05) is 19.0 Å². The molecular weight excluding hydrogens is 314 g/mol. The number of nitrogens with one attached hydrogen (secondary N) is 1. The summed E-state index contributed by atoms with van der Waals surface area (Å²) in [5, 5.41) is 11.6. The number of hydrogen-bond acceptors (Lipinski definition) is 5. The number of aromatic carboxylic acids is 1. The van der Waals surface area contributed by atoms with E-state index in [0.29, 0.717) is 13.0 Å². The van der Waals surface area contributed by atoms with Crippen molar-refractivity contribution in [2.45, 2.75) is 6.42 Å². The van der Waals surface area contributed by atoms with Gasteiger partial charge < -0.3 is 15.3 Å². The van der Waals surface area contributed by atoms with Gasteiger partial charge in [-0.3, -0.25) is 19.3 Å². The fourth-order valence-corrected chi connectivity index (χ4v) is 2.58. The van der Waals surface area contributed by atoms with Crippen molar-refractivity contribution in [1.29, 1.82) is 0 Å². The minimum Gasteiger partial charge on any atom is -0.478 e. The standard InChI is InChI=1S/C16H19N3O5/c1-17-13(20)9-7-10-11(8-12(9)16(23)24)15(22)19(14(10)21)6-4-5-18(2)3/h7-8H,4-6H2,1-3H3,(H,17,20)(H,23,24). The van der Waals surface area contributed by atoms with Gasteiger partial charge in [0.05, 0.1) is 22.3 Å². The quantitative estimate of drug-likeness (QED) is 0.725. The van der Waals surface area contributed by atoms with E-state index in [4.69, 9.17) is 0 Å². The van der Waals surface area contributed by atoms with Crippen LogP contribution in [0.2, 0.25) is 0 Å². The molecule has 0 saturated carbocycles. The van der Waals surface area contributed by atoms with Crippen molar-refractivity contribution in [3.63, 3.8) is 0 Å². The van der Waals surface area contributed by atoms with Gasteiger partial charge in [0.15, 0.2) is 0 Å². The molecule has 2 rings (SSSR count). The van der Waals surface area contributed by atoms with Crippen molar-refractivity contribution in [3.8, 4) is 0 Å². The Labute approximate surface area is 139 Å². The summed E-state index contributed by atoms with van der Waals surface area (Å²) in [4.78, 5) is 51.1. The Balaban J connectivity index is 2.39. The van der Waals surface area contributed by atoms with Gasteiger partial charge in [0, 0.05) is 13.6 Å². The first-order chi connectivity index (χ1) is 11.3. The average Bonchev–Trinajstić information content (AvgIpc) is 2.77. The van der Waals surface area contributed by atoms with E-state index in [0.717, 1.165) is 11.0 Å². The fraction of sp³-hybridized carbons (Fsp3) is 0.375. The molecule has 128 valence electrons. The molecule has 1 aromatic carbocycles. The third-order valence-corrected chi connectivity index (χ3v) is 3.80. The number of carboxylic acid groups (broad SMARTS) is 1. The number of benzene rings is 1. The van der Waals surface area contributed by atoms with Crippen LogP contribution in [0.15, 0.2) is 12.1 Å². The van der Waals surface area contributed by atoms with Crippen LogP contribution >= 0.6 is 0 Å². The van der Waals surface area contributed by atoms with E-state index >= 15 is 0 Å². The van der Waals surface area contributed by atoms with Gasteiger partial charge >= 0.3 is 5.97 Å². The minimum atomic E-state index is -1.33. The Morgan fingerprint density at radius 3 is 2.12 bits per heavy atom. The first-order valence-corrected chi connectivity index (χ1v) is 7.42. The van der Waals surface area contributed by atoms with E-state index in [1.165, 1.54) is 13.1 Å². The third kappa shape index (κ3) is 3.13. The highest BCUT2D eigenvalue weighted by atomic mass is 16.4. The molecule has 0 aliphatic carbocycles. The third-order valence-electron chi connectivity index (χ3n) is 3.80. The summed E-state index contributed by atoms with van der Waals surface area (Å²) in [7, 11) is 5.13. The van der Waals surface area contributed by atoms with Gasteiger partial charge in [-0.25, -0.2) is 4.79 Å². The number of carbonyl (C=O) groups excluding carboxylic acids is 3. The van der Waals surface area contributed by atoms with Crippen LogP contribution in [0.25, 0.3) is 0 Å². The van der Waals surface area contributed by atoms with E-state index in [-0.39, 0.29) is 28.8 Å². The predicted molar refractivity (Wildman–Crippen MR) is 85.3 cm³/mol. The largest absolute Gasteiger partial charge is 0.478 e. The van der Waals surface area contributed by atoms with E-state index in [9.17, 15) is 24.3 Å². The first-order valence-electron chi connectivity index (χ1n) is 7.42. The zero-order chi connectivity index (χ0) is 18.0. The van der Waals surface area contributed by atoms with Crippen LogP contribution in [0.4, 0.5) is 0 Å². The van der Waals surface area contributed by atoms with Crippen molar-refractivity contribution in [3.05, 3.63) is 34.4 Å². The van der Waals surface area contributed by atoms with Gasteiger partial charge in [0.1, 0.15) is 0 Å². The van der Waals surface area contributed by atoms with Crippen LogP contribution in [-0.2, 0) is 0 Å². The molecule has 0 radical (unpaired) electrons. The number of hydrogen-bond donors (Lipinski definition) is 2. The monoisotopic (exact) mass is 333 g/mol. The lowest BCUT2D eigenvalue weighted by Crippen LogP contribution is -2.32. The van der Waals surface area contributed by atoms with E-state index in [1.54, 1.807) is 0 Å². The fourth-order valence-electron chi connectivity index (χ4n) is 2.58. The molecule has 3 amide bonds. The number of rotatable bonds is 6. The average molecular weight is 333 g/mol. The molecule has 0 bridgehead atoms. The second-order valence-corrected chi connectivity index (χ2v) is 5.75. The van der Waals surface area contributed by atoms with E-state index < -0.39 is 23.7 Å². The maximum Gasteiger partial charge on any atom is 0.336 e. The molecule has 0 fully saturated rings. The van der Waals surface area contributed by atoms with Crippen molar-refractivity contribution in [1.82, 2.24) is 15.1 Å². The highest BCUT2D eigenvalue weighted by Crippen LogP contribution is 2.27. The Hall–Kier alpha value is -2.74. The van der Waals surface area contributed by atoms with Crippen molar-refractivity contribution < 1.29 is 24.3 Å². The molecule has 0 atom stereocenters. The Morgan fingerprint density at radius 1 is 1.12 bits per heavy atom. The molecule has 1 aliphatic heterocycles. The molecule has 1 aliphatic rings. The van der Waals surface area contributed by atoms with Crippen LogP contribution in [-0.4, -0.2) is 72.8 Å². The molecule has 8 heteroatoms. The summed E-state index contributed by atoms with van der Waals surface area (Å²) in [5.41, 5.74) is -0.354. The van der Waals surface area contributed by atoms with E-state index in [2.05, 4.69) is 5.32 Å². The van der Waals surface area contributed by atoms with Gasteiger partial charge in [0.2, 0.25) is 0 Å². The van der Waals surface area contributed by atoms with Crippen LogP contribution in [0.3, 0.4) is 0 Å². The maximum atomic E-state index is 12.4. The normalized spacial score (nSPS) is 13.4. The number of carbonyl (C=O) groups is 4. The SMILES string of the molecule is CNC(=O)c1cc2c(cc1C(=O)O)C(=O)N(CCCN(C)C)C2=O. The number of carboxylic acids is 1. The zero-order valence-electron chi connectivity index (χ0n) is 13.8. The summed E-state index contributed by atoms with van der Waals surface area (Å²) < 4.78 is 0. The number of nitrogens with zero attached hydrogens (tertiary/aromatic N) is 2. The molecule has 0 aromatic heterocycles. The summed E-state index contributed by atoms with van der Waals surface area (Å²) in [6.07, 6.45) is 0.604. The topological polar surface area (TPSA) is 107 Å². The summed E-state index contributed by atoms with van der Waals surface area (Å²) in [6, 6.07) is 2.29. The summed E-state index contributed by atoms with van der Waals surface area (Å²) in [6.45, 7) is 0.944. The molecule has 2 N–H and O–H groups in total.